The number of halogens is 1. The highest BCUT2D eigenvalue weighted by molar-refractivity contribution is 5.80. The Bertz CT molecular complexity index is 654. The Morgan fingerprint density at radius 2 is 2.00 bits per heavy atom. The third-order valence-corrected chi connectivity index (χ3v) is 3.90. The molecular formula is C18H26FN3O4. The Balaban J connectivity index is 2.05. The number of anilines is 1. The molecule has 0 aliphatic carbocycles. The fraction of sp³-hybridized carbons (Fsp3) is 0.556. The van der Waals surface area contributed by atoms with E-state index in [0.29, 0.717) is 24.3 Å². The van der Waals surface area contributed by atoms with E-state index < -0.39 is 29.5 Å². The van der Waals surface area contributed by atoms with E-state index in [9.17, 15) is 19.1 Å². The lowest BCUT2D eigenvalue weighted by Crippen LogP contribution is -2.45. The van der Waals surface area contributed by atoms with Crippen LogP contribution in [0.1, 0.15) is 26.3 Å². The zero-order valence-electron chi connectivity index (χ0n) is 15.3. The van der Waals surface area contributed by atoms with Gasteiger partial charge < -0.3 is 25.4 Å². The molecule has 1 unspecified atom stereocenters. The number of nitrogens with zero attached hydrogens (tertiary/aromatic N) is 1. The SMILES string of the molecule is CC(C)(C)OC(=O)NC(Cc1ccc(N2CCNCC2)c(F)c1)C(=O)O. The Hall–Kier alpha value is -2.35. The average Bonchev–Trinajstić information content (AvgIpc) is 2.53. The van der Waals surface area contributed by atoms with Crippen LogP contribution in [0.15, 0.2) is 18.2 Å². The molecule has 1 heterocycles. The van der Waals surface area contributed by atoms with Gasteiger partial charge in [-0.15, -0.1) is 0 Å². The van der Waals surface area contributed by atoms with Crippen molar-refractivity contribution in [1.82, 2.24) is 10.6 Å². The van der Waals surface area contributed by atoms with Crippen LogP contribution in [0, 0.1) is 5.82 Å². The summed E-state index contributed by atoms with van der Waals surface area (Å²) in [7, 11) is 0. The Morgan fingerprint density at radius 3 is 2.54 bits per heavy atom. The zero-order chi connectivity index (χ0) is 19.3. The number of carbonyl (C=O) groups excluding carboxylic acids is 1. The summed E-state index contributed by atoms with van der Waals surface area (Å²) in [4.78, 5) is 25.2. The van der Waals surface area contributed by atoms with Crippen LogP contribution in [0.2, 0.25) is 0 Å². The number of carboxylic acid groups (broad SMARTS) is 1. The van der Waals surface area contributed by atoms with E-state index in [4.69, 9.17) is 4.74 Å². The van der Waals surface area contributed by atoms with Gasteiger partial charge in [-0.2, -0.15) is 0 Å². The molecule has 1 aromatic carbocycles. The van der Waals surface area contributed by atoms with E-state index in [1.54, 1.807) is 32.9 Å². The molecule has 144 valence electrons. The molecule has 2 rings (SSSR count). The summed E-state index contributed by atoms with van der Waals surface area (Å²) >= 11 is 0. The number of rotatable bonds is 5. The van der Waals surface area contributed by atoms with Crippen molar-refractivity contribution in [3.63, 3.8) is 0 Å². The molecule has 0 spiro atoms. The van der Waals surface area contributed by atoms with Gasteiger partial charge >= 0.3 is 12.1 Å². The number of amides is 1. The predicted octanol–water partition coefficient (Wildman–Crippen LogP) is 1.76. The molecule has 8 heteroatoms. The van der Waals surface area contributed by atoms with E-state index in [0.717, 1.165) is 13.1 Å². The normalized spacial score (nSPS) is 16.1. The van der Waals surface area contributed by atoms with Crippen molar-refractivity contribution < 1.29 is 23.8 Å². The predicted molar refractivity (Wildman–Crippen MR) is 96.0 cm³/mol. The van der Waals surface area contributed by atoms with Crippen molar-refractivity contribution in [2.75, 3.05) is 31.1 Å². The van der Waals surface area contributed by atoms with Crippen molar-refractivity contribution in [3.8, 4) is 0 Å². The minimum Gasteiger partial charge on any atom is -0.480 e. The van der Waals surface area contributed by atoms with Gasteiger partial charge in [0.05, 0.1) is 5.69 Å². The number of nitrogens with one attached hydrogen (secondary N) is 2. The van der Waals surface area contributed by atoms with Crippen molar-refractivity contribution >= 4 is 17.7 Å². The van der Waals surface area contributed by atoms with Gasteiger partial charge in [0, 0.05) is 32.6 Å². The lowest BCUT2D eigenvalue weighted by atomic mass is 10.0. The molecule has 1 aromatic rings. The van der Waals surface area contributed by atoms with Crippen LogP contribution in [0.3, 0.4) is 0 Å². The maximum Gasteiger partial charge on any atom is 0.408 e. The minimum absolute atomic E-state index is 0.0344. The van der Waals surface area contributed by atoms with Gasteiger partial charge in [0.2, 0.25) is 0 Å². The fourth-order valence-electron chi connectivity index (χ4n) is 2.73. The molecule has 1 aliphatic rings. The Morgan fingerprint density at radius 1 is 1.35 bits per heavy atom. The van der Waals surface area contributed by atoms with Gasteiger partial charge in [0.25, 0.3) is 0 Å². The second-order valence-corrected chi connectivity index (χ2v) is 7.26. The van der Waals surface area contributed by atoms with Gasteiger partial charge in [-0.3, -0.25) is 0 Å². The molecule has 0 aromatic heterocycles. The summed E-state index contributed by atoms with van der Waals surface area (Å²) in [6, 6.07) is 3.47. The summed E-state index contributed by atoms with van der Waals surface area (Å²) < 4.78 is 19.5. The summed E-state index contributed by atoms with van der Waals surface area (Å²) in [5.74, 6) is -1.60. The number of carbonyl (C=O) groups is 2. The van der Waals surface area contributed by atoms with Gasteiger partial charge in [0.15, 0.2) is 0 Å². The number of benzene rings is 1. The molecule has 0 bridgehead atoms. The molecule has 1 atom stereocenters. The van der Waals surface area contributed by atoms with Crippen LogP contribution in [0.25, 0.3) is 0 Å². The maximum absolute atomic E-state index is 14.4. The molecule has 7 nitrogen and oxygen atoms in total. The molecule has 1 saturated heterocycles. The van der Waals surface area contributed by atoms with E-state index in [-0.39, 0.29) is 6.42 Å². The summed E-state index contributed by atoms with van der Waals surface area (Å²) in [5.41, 5.74) is 0.261. The molecule has 3 N–H and O–H groups in total. The third kappa shape index (κ3) is 5.87. The molecule has 0 radical (unpaired) electrons. The van der Waals surface area contributed by atoms with E-state index in [2.05, 4.69) is 10.6 Å². The summed E-state index contributed by atoms with van der Waals surface area (Å²) in [6.07, 6.45) is -0.851. The lowest BCUT2D eigenvalue weighted by molar-refractivity contribution is -0.139. The first-order chi connectivity index (χ1) is 12.2. The third-order valence-electron chi connectivity index (χ3n) is 3.90. The number of carboxylic acids is 1. The molecule has 26 heavy (non-hydrogen) atoms. The molecule has 1 fully saturated rings. The average molecular weight is 367 g/mol. The Labute approximate surface area is 152 Å². The van der Waals surface area contributed by atoms with E-state index in [1.165, 1.54) is 6.07 Å². The number of alkyl carbamates (subject to hydrolysis) is 1. The summed E-state index contributed by atoms with van der Waals surface area (Å²) in [6.45, 7) is 8.08. The number of hydrogen-bond donors (Lipinski definition) is 3. The van der Waals surface area contributed by atoms with Crippen molar-refractivity contribution in [3.05, 3.63) is 29.6 Å². The monoisotopic (exact) mass is 367 g/mol. The first kappa shape index (κ1) is 20.0. The van der Waals surface area contributed by atoms with Crippen molar-refractivity contribution in [1.29, 1.82) is 0 Å². The van der Waals surface area contributed by atoms with Crippen LogP contribution >= 0.6 is 0 Å². The Kier molecular flexibility index (Phi) is 6.42. The van der Waals surface area contributed by atoms with Crippen LogP contribution in [0.4, 0.5) is 14.9 Å². The maximum atomic E-state index is 14.4. The quantitative estimate of drug-likeness (QED) is 0.735. The van der Waals surface area contributed by atoms with Crippen LogP contribution in [0.5, 0.6) is 0 Å². The van der Waals surface area contributed by atoms with Crippen molar-refractivity contribution in [2.24, 2.45) is 0 Å². The summed E-state index contributed by atoms with van der Waals surface area (Å²) in [5, 5.41) is 14.9. The van der Waals surface area contributed by atoms with Gasteiger partial charge in [-0.25, -0.2) is 14.0 Å². The molecule has 1 aliphatic heterocycles. The molecule has 0 saturated carbocycles. The van der Waals surface area contributed by atoms with Crippen molar-refractivity contribution in [2.45, 2.75) is 38.8 Å². The van der Waals surface area contributed by atoms with Gasteiger partial charge in [-0.1, -0.05) is 6.07 Å². The second-order valence-electron chi connectivity index (χ2n) is 7.26. The lowest BCUT2D eigenvalue weighted by Gasteiger charge is -2.30. The van der Waals surface area contributed by atoms with E-state index in [1.807, 2.05) is 4.90 Å². The standard InChI is InChI=1S/C18H26FN3O4/c1-18(2,3)26-17(25)21-14(16(23)24)11-12-4-5-15(13(19)10-12)22-8-6-20-7-9-22/h4-5,10,14,20H,6-9,11H2,1-3H3,(H,21,25)(H,23,24). The second kappa shape index (κ2) is 8.35. The highest BCUT2D eigenvalue weighted by atomic mass is 19.1. The number of aliphatic carboxylic acids is 1. The number of hydrogen-bond acceptors (Lipinski definition) is 5. The molecular weight excluding hydrogens is 341 g/mol. The molecule has 1 amide bonds. The highest BCUT2D eigenvalue weighted by Gasteiger charge is 2.25. The van der Waals surface area contributed by atoms with Gasteiger partial charge in [0.1, 0.15) is 17.5 Å². The smallest absolute Gasteiger partial charge is 0.408 e. The first-order valence-electron chi connectivity index (χ1n) is 8.62. The largest absolute Gasteiger partial charge is 0.480 e. The van der Waals surface area contributed by atoms with Crippen LogP contribution in [-0.2, 0) is 16.0 Å². The van der Waals surface area contributed by atoms with E-state index >= 15 is 0 Å². The zero-order valence-corrected chi connectivity index (χ0v) is 15.3. The number of ether oxygens (including phenoxy) is 1. The van der Waals surface area contributed by atoms with Crippen LogP contribution < -0.4 is 15.5 Å². The van der Waals surface area contributed by atoms with Gasteiger partial charge in [-0.05, 0) is 38.5 Å². The highest BCUT2D eigenvalue weighted by Crippen LogP contribution is 2.22. The van der Waals surface area contributed by atoms with Crippen LogP contribution in [-0.4, -0.2) is 55.0 Å². The topological polar surface area (TPSA) is 90.9 Å². The number of piperazine rings is 1. The minimum atomic E-state index is -1.21. The fourth-order valence-corrected chi connectivity index (χ4v) is 2.73. The first-order valence-corrected chi connectivity index (χ1v) is 8.62.